The van der Waals surface area contributed by atoms with E-state index in [0.717, 1.165) is 17.0 Å². The molecule has 0 aliphatic rings. The summed E-state index contributed by atoms with van der Waals surface area (Å²) in [4.78, 5) is 22.2. The lowest BCUT2D eigenvalue weighted by Gasteiger charge is -2.11. The molecule has 2 rings (SSSR count). The third-order valence-electron chi connectivity index (χ3n) is 3.42. The maximum Gasteiger partial charge on any atom is 0.270 e. The van der Waals surface area contributed by atoms with Crippen LogP contribution in [0.15, 0.2) is 18.2 Å². The molecule has 116 valence electrons. The predicted octanol–water partition coefficient (Wildman–Crippen LogP) is 1.91. The second-order valence-electron chi connectivity index (χ2n) is 4.83. The van der Waals surface area contributed by atoms with Crippen molar-refractivity contribution < 1.29 is 9.72 Å². The highest BCUT2D eigenvalue weighted by Gasteiger charge is 2.16. The van der Waals surface area contributed by atoms with Crippen molar-refractivity contribution in [2.24, 2.45) is 0 Å². The topological polar surface area (TPSA) is 113 Å². The second kappa shape index (κ2) is 6.25. The molecule has 0 unspecified atom stereocenters. The number of aromatic amines is 1. The van der Waals surface area contributed by atoms with Gasteiger partial charge in [0, 0.05) is 42.7 Å². The van der Waals surface area contributed by atoms with E-state index in [1.54, 1.807) is 0 Å². The molecule has 0 aliphatic heterocycles. The third-order valence-corrected chi connectivity index (χ3v) is 3.42. The Bertz CT molecular complexity index is 704. The Balaban J connectivity index is 2.30. The van der Waals surface area contributed by atoms with Gasteiger partial charge in [-0.05, 0) is 19.9 Å². The first kappa shape index (κ1) is 15.5. The van der Waals surface area contributed by atoms with Crippen LogP contribution in [0.3, 0.4) is 0 Å². The van der Waals surface area contributed by atoms with Crippen LogP contribution >= 0.6 is 0 Å². The SMILES string of the molecule is CNC(=O)c1cc([N+](=O)[O-])ccc1NCc1c(C)n[nH]c1C. The summed E-state index contributed by atoms with van der Waals surface area (Å²) in [5.74, 6) is -0.383. The summed E-state index contributed by atoms with van der Waals surface area (Å²) in [5, 5.41) is 23.5. The van der Waals surface area contributed by atoms with Crippen molar-refractivity contribution in [1.82, 2.24) is 15.5 Å². The zero-order chi connectivity index (χ0) is 16.3. The fourth-order valence-corrected chi connectivity index (χ4v) is 2.14. The quantitative estimate of drug-likeness (QED) is 0.577. The smallest absolute Gasteiger partial charge is 0.270 e. The van der Waals surface area contributed by atoms with Gasteiger partial charge in [-0.1, -0.05) is 0 Å². The molecule has 1 heterocycles. The summed E-state index contributed by atoms with van der Waals surface area (Å²) in [5.41, 5.74) is 3.45. The van der Waals surface area contributed by atoms with E-state index >= 15 is 0 Å². The molecule has 0 radical (unpaired) electrons. The first-order chi connectivity index (χ1) is 10.4. The molecule has 0 saturated heterocycles. The number of H-pyrrole nitrogens is 1. The number of aryl methyl sites for hydroxylation is 2. The van der Waals surface area contributed by atoms with Crippen molar-refractivity contribution in [2.45, 2.75) is 20.4 Å². The standard InChI is InChI=1S/C14H17N5O3/c1-8-12(9(2)18-17-8)7-16-13-5-4-10(19(21)22)6-11(13)14(20)15-3/h4-6,16H,7H2,1-3H3,(H,15,20)(H,17,18). The second-order valence-corrected chi connectivity index (χ2v) is 4.83. The van der Waals surface area contributed by atoms with E-state index in [1.807, 2.05) is 13.8 Å². The van der Waals surface area contributed by atoms with E-state index in [4.69, 9.17) is 0 Å². The van der Waals surface area contributed by atoms with Gasteiger partial charge in [-0.15, -0.1) is 0 Å². The normalized spacial score (nSPS) is 10.3. The van der Waals surface area contributed by atoms with E-state index in [9.17, 15) is 14.9 Å². The Hall–Kier alpha value is -2.90. The fraction of sp³-hybridized carbons (Fsp3) is 0.286. The molecule has 0 spiro atoms. The molecule has 22 heavy (non-hydrogen) atoms. The summed E-state index contributed by atoms with van der Waals surface area (Å²) in [6, 6.07) is 4.16. The van der Waals surface area contributed by atoms with E-state index in [-0.39, 0.29) is 17.2 Å². The van der Waals surface area contributed by atoms with Gasteiger partial charge in [0.1, 0.15) is 0 Å². The number of hydrogen-bond donors (Lipinski definition) is 3. The van der Waals surface area contributed by atoms with Gasteiger partial charge < -0.3 is 10.6 Å². The Morgan fingerprint density at radius 1 is 1.41 bits per heavy atom. The molecule has 0 fully saturated rings. The van der Waals surface area contributed by atoms with Gasteiger partial charge in [-0.25, -0.2) is 0 Å². The van der Waals surface area contributed by atoms with Gasteiger partial charge in [0.2, 0.25) is 0 Å². The average Bonchev–Trinajstić information content (AvgIpc) is 2.83. The molecule has 8 nitrogen and oxygen atoms in total. The molecular formula is C14H17N5O3. The molecule has 3 N–H and O–H groups in total. The Labute approximate surface area is 127 Å². The van der Waals surface area contributed by atoms with Gasteiger partial charge in [0.15, 0.2) is 0 Å². The van der Waals surface area contributed by atoms with Crippen molar-refractivity contribution in [3.8, 4) is 0 Å². The Morgan fingerprint density at radius 2 is 2.14 bits per heavy atom. The molecule has 0 bridgehead atoms. The maximum atomic E-state index is 11.9. The number of nitro benzene ring substituents is 1. The van der Waals surface area contributed by atoms with E-state index in [0.29, 0.717) is 12.2 Å². The van der Waals surface area contributed by atoms with Crippen LogP contribution in [0.5, 0.6) is 0 Å². The summed E-state index contributed by atoms with van der Waals surface area (Å²) in [7, 11) is 1.48. The minimum atomic E-state index is -0.527. The summed E-state index contributed by atoms with van der Waals surface area (Å²) in [6.07, 6.45) is 0. The number of carbonyl (C=O) groups is 1. The highest BCUT2D eigenvalue weighted by atomic mass is 16.6. The molecular weight excluding hydrogens is 286 g/mol. The first-order valence-electron chi connectivity index (χ1n) is 6.69. The lowest BCUT2D eigenvalue weighted by Crippen LogP contribution is -2.20. The van der Waals surface area contributed by atoms with Crippen LogP contribution in [-0.4, -0.2) is 28.1 Å². The summed E-state index contributed by atoms with van der Waals surface area (Å²) < 4.78 is 0. The van der Waals surface area contributed by atoms with Gasteiger partial charge in [-0.3, -0.25) is 20.0 Å². The molecule has 0 aliphatic carbocycles. The van der Waals surface area contributed by atoms with Crippen molar-refractivity contribution in [2.75, 3.05) is 12.4 Å². The average molecular weight is 303 g/mol. The molecule has 1 amide bonds. The number of nitrogens with zero attached hydrogens (tertiary/aromatic N) is 2. The number of nitro groups is 1. The van der Waals surface area contributed by atoms with Crippen LogP contribution in [0, 0.1) is 24.0 Å². The molecule has 1 aromatic carbocycles. The van der Waals surface area contributed by atoms with E-state index in [1.165, 1.54) is 25.2 Å². The number of anilines is 1. The monoisotopic (exact) mass is 303 g/mol. The van der Waals surface area contributed by atoms with Crippen molar-refractivity contribution >= 4 is 17.3 Å². The zero-order valence-corrected chi connectivity index (χ0v) is 12.6. The Kier molecular flexibility index (Phi) is 4.40. The maximum absolute atomic E-state index is 11.9. The number of amides is 1. The van der Waals surface area contributed by atoms with Crippen LogP contribution in [0.25, 0.3) is 0 Å². The fourth-order valence-electron chi connectivity index (χ4n) is 2.14. The van der Waals surface area contributed by atoms with Gasteiger partial charge in [-0.2, -0.15) is 5.10 Å². The number of nitrogens with one attached hydrogen (secondary N) is 3. The minimum Gasteiger partial charge on any atom is -0.380 e. The van der Waals surface area contributed by atoms with Crippen molar-refractivity contribution in [3.63, 3.8) is 0 Å². The van der Waals surface area contributed by atoms with Gasteiger partial charge in [0.25, 0.3) is 11.6 Å². The zero-order valence-electron chi connectivity index (χ0n) is 12.6. The van der Waals surface area contributed by atoms with Crippen LogP contribution < -0.4 is 10.6 Å². The number of benzene rings is 1. The molecule has 2 aromatic rings. The van der Waals surface area contributed by atoms with Crippen LogP contribution in [0.1, 0.15) is 27.3 Å². The number of rotatable bonds is 5. The number of non-ortho nitro benzene ring substituents is 1. The molecule has 0 atom stereocenters. The largest absolute Gasteiger partial charge is 0.380 e. The molecule has 8 heteroatoms. The summed E-state index contributed by atoms with van der Waals surface area (Å²) in [6.45, 7) is 4.26. The third kappa shape index (κ3) is 3.05. The number of aromatic nitrogens is 2. The van der Waals surface area contributed by atoms with Gasteiger partial charge in [0.05, 0.1) is 16.2 Å². The van der Waals surface area contributed by atoms with E-state index in [2.05, 4.69) is 20.8 Å². The first-order valence-corrected chi connectivity index (χ1v) is 6.69. The molecule has 0 saturated carbocycles. The lowest BCUT2D eigenvalue weighted by molar-refractivity contribution is -0.384. The molecule has 1 aromatic heterocycles. The summed E-state index contributed by atoms with van der Waals surface area (Å²) >= 11 is 0. The Morgan fingerprint density at radius 3 is 2.68 bits per heavy atom. The van der Waals surface area contributed by atoms with Crippen molar-refractivity contribution in [1.29, 1.82) is 0 Å². The van der Waals surface area contributed by atoms with Gasteiger partial charge >= 0.3 is 0 Å². The number of hydrogen-bond acceptors (Lipinski definition) is 5. The highest BCUT2D eigenvalue weighted by molar-refractivity contribution is 6.00. The lowest BCUT2D eigenvalue weighted by atomic mass is 10.1. The highest BCUT2D eigenvalue weighted by Crippen LogP contribution is 2.23. The number of carbonyl (C=O) groups excluding carboxylic acids is 1. The van der Waals surface area contributed by atoms with Crippen LogP contribution in [-0.2, 0) is 6.54 Å². The van der Waals surface area contributed by atoms with E-state index < -0.39 is 4.92 Å². The predicted molar refractivity (Wildman–Crippen MR) is 81.9 cm³/mol. The minimum absolute atomic E-state index is 0.125. The van der Waals surface area contributed by atoms with Crippen molar-refractivity contribution in [3.05, 3.63) is 50.8 Å². The van der Waals surface area contributed by atoms with Crippen LogP contribution in [0.4, 0.5) is 11.4 Å². The van der Waals surface area contributed by atoms with Crippen LogP contribution in [0.2, 0.25) is 0 Å².